The maximum absolute atomic E-state index is 11.6. The molecule has 0 atom stereocenters. The number of aryl methyl sites for hydroxylation is 1. The van der Waals surface area contributed by atoms with Gasteiger partial charge >= 0.3 is 11.8 Å². The summed E-state index contributed by atoms with van der Waals surface area (Å²) in [5.74, 6) is -0.0151. The van der Waals surface area contributed by atoms with E-state index in [4.69, 9.17) is 0 Å². The number of aromatic nitrogens is 2. The minimum atomic E-state index is -0.496. The molecule has 2 aromatic rings. The van der Waals surface area contributed by atoms with Gasteiger partial charge in [0.1, 0.15) is 17.6 Å². The van der Waals surface area contributed by atoms with E-state index in [9.17, 15) is 14.9 Å². The Morgan fingerprint density at radius 1 is 1.63 bits per heavy atom. The molecule has 100 valence electrons. The molecule has 0 saturated carbocycles. The monoisotopic (exact) mass is 281 g/mol. The van der Waals surface area contributed by atoms with Crippen LogP contribution in [0.5, 0.6) is 0 Å². The molecule has 0 aliphatic carbocycles. The number of rotatable bonds is 4. The molecule has 2 aromatic heterocycles. The quantitative estimate of drug-likeness (QED) is 0.486. The van der Waals surface area contributed by atoms with Gasteiger partial charge in [-0.1, -0.05) is 0 Å². The number of thiophene rings is 1. The molecule has 2 heterocycles. The lowest BCUT2D eigenvalue weighted by Crippen LogP contribution is -2.09. The summed E-state index contributed by atoms with van der Waals surface area (Å²) in [5, 5.41) is 12.6. The Morgan fingerprint density at radius 2 is 2.37 bits per heavy atom. The number of hydrogen-bond donors (Lipinski definition) is 0. The lowest BCUT2D eigenvalue weighted by atomic mass is 10.2. The molecule has 0 spiro atoms. The SMILES string of the molecule is COC(=O)c1sccc1Cn1c([N+](=O)[O-])cnc1C. The van der Waals surface area contributed by atoms with Crippen molar-refractivity contribution < 1.29 is 14.5 Å². The summed E-state index contributed by atoms with van der Waals surface area (Å²) < 4.78 is 6.13. The van der Waals surface area contributed by atoms with Crippen molar-refractivity contribution in [3.8, 4) is 0 Å². The van der Waals surface area contributed by atoms with Crippen LogP contribution < -0.4 is 0 Å². The van der Waals surface area contributed by atoms with Gasteiger partial charge < -0.3 is 14.9 Å². The molecule has 0 N–H and O–H groups in total. The van der Waals surface area contributed by atoms with E-state index < -0.39 is 10.9 Å². The molecular formula is C11H11N3O4S. The maximum Gasteiger partial charge on any atom is 0.348 e. The zero-order chi connectivity index (χ0) is 14.0. The maximum atomic E-state index is 11.6. The molecule has 2 rings (SSSR count). The van der Waals surface area contributed by atoms with E-state index in [2.05, 4.69) is 9.72 Å². The molecule has 0 saturated heterocycles. The van der Waals surface area contributed by atoms with Crippen molar-refractivity contribution in [2.75, 3.05) is 7.11 Å². The predicted molar refractivity (Wildman–Crippen MR) is 68.4 cm³/mol. The van der Waals surface area contributed by atoms with Gasteiger partial charge in [-0.05, 0) is 16.4 Å². The van der Waals surface area contributed by atoms with Gasteiger partial charge in [0.2, 0.25) is 0 Å². The van der Waals surface area contributed by atoms with E-state index in [0.29, 0.717) is 16.3 Å². The molecular weight excluding hydrogens is 270 g/mol. The van der Waals surface area contributed by atoms with Crippen LogP contribution in [0.15, 0.2) is 17.6 Å². The lowest BCUT2D eigenvalue weighted by Gasteiger charge is -2.03. The number of nitro groups is 1. The summed E-state index contributed by atoms with van der Waals surface area (Å²) in [7, 11) is 1.30. The normalized spacial score (nSPS) is 10.4. The third kappa shape index (κ3) is 2.48. The minimum absolute atomic E-state index is 0.0977. The van der Waals surface area contributed by atoms with Gasteiger partial charge in [0.25, 0.3) is 0 Å². The fourth-order valence-electron chi connectivity index (χ4n) is 1.70. The topological polar surface area (TPSA) is 87.3 Å². The molecule has 0 aliphatic rings. The first-order chi connectivity index (χ1) is 9.04. The highest BCUT2D eigenvalue weighted by molar-refractivity contribution is 7.12. The van der Waals surface area contributed by atoms with E-state index in [-0.39, 0.29) is 12.4 Å². The van der Waals surface area contributed by atoms with Crippen LogP contribution in [0, 0.1) is 17.0 Å². The average Bonchev–Trinajstić information content (AvgIpc) is 2.97. The summed E-state index contributed by atoms with van der Waals surface area (Å²) in [6, 6.07) is 1.75. The van der Waals surface area contributed by atoms with Crippen LogP contribution in [0.3, 0.4) is 0 Å². The molecule has 0 bridgehead atoms. The van der Waals surface area contributed by atoms with Crippen LogP contribution in [-0.4, -0.2) is 27.6 Å². The Bertz CT molecular complexity index is 632. The van der Waals surface area contributed by atoms with E-state index in [1.807, 2.05) is 0 Å². The van der Waals surface area contributed by atoms with Gasteiger partial charge in [-0.15, -0.1) is 11.3 Å². The van der Waals surface area contributed by atoms with Crippen molar-refractivity contribution in [3.63, 3.8) is 0 Å². The second-order valence-corrected chi connectivity index (χ2v) is 4.69. The fraction of sp³-hybridized carbons (Fsp3) is 0.273. The molecule has 0 aliphatic heterocycles. The summed E-state index contributed by atoms with van der Waals surface area (Å²) in [6.45, 7) is 1.90. The van der Waals surface area contributed by atoms with Crippen molar-refractivity contribution in [2.45, 2.75) is 13.5 Å². The highest BCUT2D eigenvalue weighted by atomic mass is 32.1. The Kier molecular flexibility index (Phi) is 3.61. The van der Waals surface area contributed by atoms with Crippen LogP contribution in [0.1, 0.15) is 21.1 Å². The molecule has 0 amide bonds. The molecule has 0 radical (unpaired) electrons. The van der Waals surface area contributed by atoms with Crippen LogP contribution in [0.25, 0.3) is 0 Å². The number of carbonyl (C=O) groups is 1. The van der Waals surface area contributed by atoms with Crippen molar-refractivity contribution in [3.05, 3.63) is 44.0 Å². The Balaban J connectivity index is 2.37. The van der Waals surface area contributed by atoms with E-state index >= 15 is 0 Å². The molecule has 0 fully saturated rings. The summed E-state index contributed by atoms with van der Waals surface area (Å²) in [6.07, 6.45) is 1.21. The number of ether oxygens (including phenoxy) is 1. The number of imidazole rings is 1. The van der Waals surface area contributed by atoms with Crippen molar-refractivity contribution in [1.29, 1.82) is 0 Å². The Morgan fingerprint density at radius 3 is 3.00 bits per heavy atom. The zero-order valence-corrected chi connectivity index (χ0v) is 11.1. The van der Waals surface area contributed by atoms with Crippen molar-refractivity contribution in [1.82, 2.24) is 9.55 Å². The third-order valence-electron chi connectivity index (χ3n) is 2.67. The molecule has 8 heteroatoms. The third-order valence-corrected chi connectivity index (χ3v) is 3.60. The first-order valence-corrected chi connectivity index (χ1v) is 6.23. The fourth-order valence-corrected chi connectivity index (χ4v) is 2.53. The summed E-state index contributed by atoms with van der Waals surface area (Å²) in [4.78, 5) is 26.3. The van der Waals surface area contributed by atoms with Gasteiger partial charge in [-0.25, -0.2) is 14.3 Å². The van der Waals surface area contributed by atoms with Crippen LogP contribution in [0.2, 0.25) is 0 Å². The Hall–Kier alpha value is -2.22. The van der Waals surface area contributed by atoms with Crippen molar-refractivity contribution in [2.24, 2.45) is 0 Å². The summed E-state index contributed by atoms with van der Waals surface area (Å²) >= 11 is 1.25. The number of esters is 1. The average molecular weight is 281 g/mol. The standard InChI is InChI=1S/C11H11N3O4S/c1-7-12-5-9(14(16)17)13(7)6-8-3-4-19-10(8)11(15)18-2/h3-5H,6H2,1-2H3. The lowest BCUT2D eigenvalue weighted by molar-refractivity contribution is -0.392. The first kappa shape index (κ1) is 13.2. The number of nitrogens with zero attached hydrogens (tertiary/aromatic N) is 3. The van der Waals surface area contributed by atoms with Gasteiger partial charge in [0.05, 0.1) is 7.11 Å². The highest BCUT2D eigenvalue weighted by Crippen LogP contribution is 2.22. The van der Waals surface area contributed by atoms with Crippen LogP contribution in [0.4, 0.5) is 5.82 Å². The smallest absolute Gasteiger partial charge is 0.348 e. The van der Waals surface area contributed by atoms with Gasteiger partial charge in [-0.3, -0.25) is 0 Å². The molecule has 0 unspecified atom stereocenters. The predicted octanol–water partition coefficient (Wildman–Crippen LogP) is 2.00. The van der Waals surface area contributed by atoms with E-state index in [1.54, 1.807) is 18.4 Å². The molecule has 7 nitrogen and oxygen atoms in total. The second kappa shape index (κ2) is 5.19. The first-order valence-electron chi connectivity index (χ1n) is 5.35. The number of hydrogen-bond acceptors (Lipinski definition) is 6. The number of methoxy groups -OCH3 is 1. The Labute approximate surface area is 112 Å². The van der Waals surface area contributed by atoms with Gasteiger partial charge in [-0.2, -0.15) is 0 Å². The van der Waals surface area contributed by atoms with E-state index in [0.717, 1.165) is 0 Å². The largest absolute Gasteiger partial charge is 0.465 e. The van der Waals surface area contributed by atoms with Gasteiger partial charge in [0, 0.05) is 12.5 Å². The molecule has 0 aromatic carbocycles. The van der Waals surface area contributed by atoms with Crippen molar-refractivity contribution >= 4 is 23.1 Å². The second-order valence-electron chi connectivity index (χ2n) is 3.77. The van der Waals surface area contributed by atoms with E-state index in [1.165, 1.54) is 29.2 Å². The molecule has 19 heavy (non-hydrogen) atoms. The minimum Gasteiger partial charge on any atom is -0.465 e. The van der Waals surface area contributed by atoms with Gasteiger partial charge in [0.15, 0.2) is 5.82 Å². The zero-order valence-electron chi connectivity index (χ0n) is 10.3. The van der Waals surface area contributed by atoms with Crippen LogP contribution in [-0.2, 0) is 11.3 Å². The van der Waals surface area contributed by atoms with Crippen LogP contribution >= 0.6 is 11.3 Å². The summed E-state index contributed by atoms with van der Waals surface area (Å²) in [5.41, 5.74) is 0.682. The number of carbonyl (C=O) groups excluding carboxylic acids is 1. The highest BCUT2D eigenvalue weighted by Gasteiger charge is 2.21.